The normalized spacial score (nSPS) is 20.6. The van der Waals surface area contributed by atoms with Crippen LogP contribution in [0.1, 0.15) is 43.7 Å². The SMILES string of the molecule is O=C(Nc1ccc(F)cn1)NC1CC2(CCCC2)Oc2ccccc21. The van der Waals surface area contributed by atoms with Gasteiger partial charge in [-0.3, -0.25) is 5.32 Å². The molecule has 6 heteroatoms. The summed E-state index contributed by atoms with van der Waals surface area (Å²) in [6.07, 6.45) is 6.17. The molecule has 1 saturated carbocycles. The first-order chi connectivity index (χ1) is 12.1. The largest absolute Gasteiger partial charge is 0.487 e. The predicted molar refractivity (Wildman–Crippen MR) is 92.0 cm³/mol. The minimum atomic E-state index is -0.438. The summed E-state index contributed by atoms with van der Waals surface area (Å²) in [5, 5.41) is 5.68. The van der Waals surface area contributed by atoms with Gasteiger partial charge in [-0.2, -0.15) is 0 Å². The lowest BCUT2D eigenvalue weighted by Gasteiger charge is -2.40. The van der Waals surface area contributed by atoms with Gasteiger partial charge in [0.1, 0.15) is 23.0 Å². The molecule has 1 fully saturated rings. The van der Waals surface area contributed by atoms with Crippen molar-refractivity contribution in [3.8, 4) is 5.75 Å². The van der Waals surface area contributed by atoms with Crippen molar-refractivity contribution in [3.05, 3.63) is 54.0 Å². The molecule has 1 unspecified atom stereocenters. The zero-order valence-corrected chi connectivity index (χ0v) is 13.8. The number of halogens is 1. The Morgan fingerprint density at radius 1 is 1.20 bits per heavy atom. The summed E-state index contributed by atoms with van der Waals surface area (Å²) in [7, 11) is 0. The Morgan fingerprint density at radius 2 is 2.00 bits per heavy atom. The maximum Gasteiger partial charge on any atom is 0.320 e. The molecule has 0 bridgehead atoms. The topological polar surface area (TPSA) is 63.2 Å². The highest BCUT2D eigenvalue weighted by Crippen LogP contribution is 2.46. The van der Waals surface area contributed by atoms with E-state index >= 15 is 0 Å². The first kappa shape index (κ1) is 15.9. The number of nitrogens with zero attached hydrogens (tertiary/aromatic N) is 1. The molecule has 130 valence electrons. The number of carbonyl (C=O) groups is 1. The molecule has 1 spiro atoms. The lowest BCUT2D eigenvalue weighted by atomic mass is 9.86. The molecule has 1 aliphatic heterocycles. The van der Waals surface area contributed by atoms with Gasteiger partial charge in [-0.25, -0.2) is 14.2 Å². The van der Waals surface area contributed by atoms with Gasteiger partial charge in [0.2, 0.25) is 0 Å². The summed E-state index contributed by atoms with van der Waals surface area (Å²) in [4.78, 5) is 16.2. The maximum atomic E-state index is 12.9. The first-order valence-electron chi connectivity index (χ1n) is 8.61. The van der Waals surface area contributed by atoms with Gasteiger partial charge in [-0.05, 0) is 43.9 Å². The number of hydrogen-bond donors (Lipinski definition) is 2. The van der Waals surface area contributed by atoms with Crippen LogP contribution in [0.2, 0.25) is 0 Å². The zero-order chi connectivity index (χ0) is 17.3. The van der Waals surface area contributed by atoms with Crippen LogP contribution in [0.4, 0.5) is 15.0 Å². The van der Waals surface area contributed by atoms with E-state index < -0.39 is 5.82 Å². The van der Waals surface area contributed by atoms with Gasteiger partial charge in [-0.15, -0.1) is 0 Å². The van der Waals surface area contributed by atoms with Crippen LogP contribution >= 0.6 is 0 Å². The second kappa shape index (κ2) is 6.35. The molecule has 2 amide bonds. The molecule has 25 heavy (non-hydrogen) atoms. The molecule has 0 radical (unpaired) electrons. The van der Waals surface area contributed by atoms with Crippen LogP contribution in [-0.2, 0) is 0 Å². The number of hydrogen-bond acceptors (Lipinski definition) is 3. The van der Waals surface area contributed by atoms with Crippen molar-refractivity contribution < 1.29 is 13.9 Å². The van der Waals surface area contributed by atoms with Crippen molar-refractivity contribution in [3.63, 3.8) is 0 Å². The number of para-hydroxylation sites is 1. The number of anilines is 1. The number of carbonyl (C=O) groups excluding carboxylic acids is 1. The summed E-state index contributed by atoms with van der Waals surface area (Å²) in [5.74, 6) is 0.725. The highest BCUT2D eigenvalue weighted by atomic mass is 19.1. The number of fused-ring (bicyclic) bond motifs is 1. The summed E-state index contributed by atoms with van der Waals surface area (Å²) < 4.78 is 19.2. The van der Waals surface area contributed by atoms with Gasteiger partial charge in [-0.1, -0.05) is 18.2 Å². The molecule has 4 rings (SSSR count). The third kappa shape index (κ3) is 3.29. The minimum absolute atomic E-state index is 0.122. The van der Waals surface area contributed by atoms with E-state index in [1.54, 1.807) is 0 Å². The van der Waals surface area contributed by atoms with Crippen molar-refractivity contribution >= 4 is 11.8 Å². The second-order valence-corrected chi connectivity index (χ2v) is 6.75. The fourth-order valence-corrected chi connectivity index (χ4v) is 3.83. The monoisotopic (exact) mass is 341 g/mol. The van der Waals surface area contributed by atoms with E-state index in [4.69, 9.17) is 4.74 Å². The fraction of sp³-hybridized carbons (Fsp3) is 0.368. The smallest absolute Gasteiger partial charge is 0.320 e. The Labute approximate surface area is 145 Å². The fourth-order valence-electron chi connectivity index (χ4n) is 3.83. The number of rotatable bonds is 2. The van der Waals surface area contributed by atoms with Crippen molar-refractivity contribution in [2.45, 2.75) is 43.7 Å². The summed E-state index contributed by atoms with van der Waals surface area (Å²) >= 11 is 0. The first-order valence-corrected chi connectivity index (χ1v) is 8.61. The van der Waals surface area contributed by atoms with Crippen LogP contribution in [0, 0.1) is 5.82 Å². The van der Waals surface area contributed by atoms with E-state index in [2.05, 4.69) is 15.6 Å². The van der Waals surface area contributed by atoms with Gasteiger partial charge < -0.3 is 10.1 Å². The van der Waals surface area contributed by atoms with E-state index in [-0.39, 0.29) is 17.7 Å². The average Bonchev–Trinajstić information content (AvgIpc) is 3.04. The highest BCUT2D eigenvalue weighted by Gasteiger charge is 2.43. The Bertz CT molecular complexity index is 772. The van der Waals surface area contributed by atoms with E-state index in [9.17, 15) is 9.18 Å². The number of aromatic nitrogens is 1. The van der Waals surface area contributed by atoms with Crippen molar-refractivity contribution in [1.82, 2.24) is 10.3 Å². The standard InChI is InChI=1S/C19H20FN3O2/c20-13-7-8-17(21-12-13)23-18(24)22-15-11-19(9-3-4-10-19)25-16-6-2-1-5-14(15)16/h1-2,5-8,12,15H,3-4,9-11H2,(H2,21,22,23,24). The molecule has 0 saturated heterocycles. The van der Waals surface area contributed by atoms with Crippen LogP contribution in [0.5, 0.6) is 5.75 Å². The lowest BCUT2D eigenvalue weighted by molar-refractivity contribution is 0.0388. The molecule has 2 N–H and O–H groups in total. The maximum absolute atomic E-state index is 12.9. The Balaban J connectivity index is 1.52. The third-order valence-electron chi connectivity index (χ3n) is 4.99. The number of ether oxygens (including phenoxy) is 1. The van der Waals surface area contributed by atoms with E-state index in [1.165, 1.54) is 12.1 Å². The van der Waals surface area contributed by atoms with Gasteiger partial charge in [0.15, 0.2) is 0 Å². The molecule has 1 aliphatic carbocycles. The van der Waals surface area contributed by atoms with Crippen molar-refractivity contribution in [1.29, 1.82) is 0 Å². The number of urea groups is 1. The molecule has 5 nitrogen and oxygen atoms in total. The number of amides is 2. The molecule has 1 aromatic carbocycles. The van der Waals surface area contributed by atoms with Gasteiger partial charge in [0.25, 0.3) is 0 Å². The van der Waals surface area contributed by atoms with Crippen LogP contribution in [0.3, 0.4) is 0 Å². The van der Waals surface area contributed by atoms with Crippen LogP contribution in [0.25, 0.3) is 0 Å². The zero-order valence-electron chi connectivity index (χ0n) is 13.8. The van der Waals surface area contributed by atoms with E-state index in [0.717, 1.165) is 49.6 Å². The second-order valence-electron chi connectivity index (χ2n) is 6.75. The summed E-state index contributed by atoms with van der Waals surface area (Å²) in [6.45, 7) is 0. The molecular formula is C19H20FN3O2. The molecule has 1 atom stereocenters. The van der Waals surface area contributed by atoms with Crippen LogP contribution in [-0.4, -0.2) is 16.6 Å². The summed E-state index contributed by atoms with van der Waals surface area (Å²) in [5.41, 5.74) is 0.808. The van der Waals surface area contributed by atoms with Crippen molar-refractivity contribution in [2.75, 3.05) is 5.32 Å². The number of benzene rings is 1. The number of pyridine rings is 1. The van der Waals surface area contributed by atoms with Gasteiger partial charge >= 0.3 is 6.03 Å². The van der Waals surface area contributed by atoms with Crippen LogP contribution in [0.15, 0.2) is 42.6 Å². The quantitative estimate of drug-likeness (QED) is 0.861. The van der Waals surface area contributed by atoms with E-state index in [0.29, 0.717) is 5.82 Å². The predicted octanol–water partition coefficient (Wildman–Crippen LogP) is 4.18. The van der Waals surface area contributed by atoms with Gasteiger partial charge in [0, 0.05) is 12.0 Å². The Morgan fingerprint density at radius 3 is 2.76 bits per heavy atom. The van der Waals surface area contributed by atoms with Crippen LogP contribution < -0.4 is 15.4 Å². The highest BCUT2D eigenvalue weighted by molar-refractivity contribution is 5.88. The van der Waals surface area contributed by atoms with E-state index in [1.807, 2.05) is 24.3 Å². The van der Waals surface area contributed by atoms with Gasteiger partial charge in [0.05, 0.1) is 12.2 Å². The molecular weight excluding hydrogens is 321 g/mol. The Kier molecular flexibility index (Phi) is 4.03. The summed E-state index contributed by atoms with van der Waals surface area (Å²) in [6, 6.07) is 10.1. The average molecular weight is 341 g/mol. The third-order valence-corrected chi connectivity index (χ3v) is 4.99. The van der Waals surface area contributed by atoms with Crippen molar-refractivity contribution in [2.24, 2.45) is 0 Å². The molecule has 2 aromatic rings. The Hall–Kier alpha value is -2.63. The minimum Gasteiger partial charge on any atom is -0.487 e. The molecule has 1 aromatic heterocycles. The molecule has 2 aliphatic rings. The molecule has 2 heterocycles. The number of nitrogens with one attached hydrogen (secondary N) is 2. The lowest BCUT2D eigenvalue weighted by Crippen LogP contribution is -2.44.